The predicted molar refractivity (Wildman–Crippen MR) is 32.4 cm³/mol. The Labute approximate surface area is 53.2 Å². The summed E-state index contributed by atoms with van der Waals surface area (Å²) in [6.07, 6.45) is 4.30. The summed E-state index contributed by atoms with van der Waals surface area (Å²) in [5.41, 5.74) is 0. The van der Waals surface area contributed by atoms with Crippen molar-refractivity contribution < 1.29 is 9.92 Å². The van der Waals surface area contributed by atoms with E-state index in [0.717, 1.165) is 6.42 Å². The number of nitrogens with zero attached hydrogens (tertiary/aromatic N) is 1. The highest BCUT2D eigenvalue weighted by Crippen LogP contribution is 1.80. The van der Waals surface area contributed by atoms with Crippen molar-refractivity contribution in [3.8, 4) is 0 Å². The van der Waals surface area contributed by atoms with E-state index in [-0.39, 0.29) is 6.61 Å². The Bertz CT molecular complexity index is 111. The van der Waals surface area contributed by atoms with Crippen molar-refractivity contribution in [2.24, 2.45) is 0 Å². The Morgan fingerprint density at radius 1 is 1.67 bits per heavy atom. The molecule has 0 bridgehead atoms. The van der Waals surface area contributed by atoms with E-state index in [1.807, 2.05) is 13.0 Å². The molecule has 0 aromatic carbocycles. The van der Waals surface area contributed by atoms with Crippen molar-refractivity contribution in [1.82, 2.24) is 0 Å². The number of allylic oxidation sites excluding steroid dienone is 1. The largest absolute Gasteiger partial charge is 0.310 e. The lowest BCUT2D eigenvalue weighted by molar-refractivity contribution is -0.755. The third-order valence-electron chi connectivity index (χ3n) is 0.679. The summed E-state index contributed by atoms with van der Waals surface area (Å²) in [5, 5.41) is 8.71. The first-order valence-electron chi connectivity index (χ1n) is 2.69. The third kappa shape index (κ3) is 6.94. The summed E-state index contributed by atoms with van der Waals surface area (Å²) < 4.78 is 0. The molecule has 0 heterocycles. The molecule has 0 aliphatic heterocycles. The van der Waals surface area contributed by atoms with Gasteiger partial charge in [-0.15, -0.1) is 10.1 Å². The predicted octanol–water partition coefficient (Wildman–Crippen LogP) is 1.16. The molecule has 4 heteroatoms. The quantitative estimate of drug-likeness (QED) is 0.327. The topological polar surface area (TPSA) is 52.4 Å². The number of hydrogen-bond donors (Lipinski definition) is 0. The van der Waals surface area contributed by atoms with Gasteiger partial charge in [-0.1, -0.05) is 19.1 Å². The number of rotatable bonds is 4. The molecule has 0 unspecified atom stereocenters. The summed E-state index contributed by atoms with van der Waals surface area (Å²) in [6.45, 7) is 2.00. The van der Waals surface area contributed by atoms with E-state index >= 15 is 0 Å². The van der Waals surface area contributed by atoms with Gasteiger partial charge in [-0.05, 0) is 6.42 Å². The first-order chi connectivity index (χ1) is 4.27. The molecule has 0 aromatic rings. The molecule has 0 amide bonds. The van der Waals surface area contributed by atoms with Crippen LogP contribution in [0.3, 0.4) is 0 Å². The Morgan fingerprint density at radius 2 is 2.33 bits per heavy atom. The van der Waals surface area contributed by atoms with Gasteiger partial charge in [-0.3, -0.25) is 0 Å². The molecule has 0 aliphatic rings. The molecule has 0 rings (SSSR count). The van der Waals surface area contributed by atoms with Gasteiger partial charge in [-0.2, -0.15) is 0 Å². The van der Waals surface area contributed by atoms with Gasteiger partial charge in [0, 0.05) is 0 Å². The standard InChI is InChI=1S/C5H9NO3/c1-2-3-4-5-9-6(7)8/h3-4H,2,5H2,1H3. The zero-order valence-corrected chi connectivity index (χ0v) is 5.24. The lowest BCUT2D eigenvalue weighted by Crippen LogP contribution is -1.99. The zero-order valence-electron chi connectivity index (χ0n) is 5.24. The monoisotopic (exact) mass is 131 g/mol. The fourth-order valence-electron chi connectivity index (χ4n) is 0.339. The van der Waals surface area contributed by atoms with E-state index in [4.69, 9.17) is 0 Å². The Hall–Kier alpha value is -1.06. The van der Waals surface area contributed by atoms with Crippen LogP contribution in [0.15, 0.2) is 12.2 Å². The Morgan fingerprint density at radius 3 is 2.78 bits per heavy atom. The summed E-state index contributed by atoms with van der Waals surface area (Å²) in [6, 6.07) is 0. The fourth-order valence-corrected chi connectivity index (χ4v) is 0.339. The van der Waals surface area contributed by atoms with E-state index in [1.165, 1.54) is 0 Å². The molecule has 0 aromatic heterocycles. The lowest BCUT2D eigenvalue weighted by Gasteiger charge is -1.88. The smallest absolute Gasteiger partial charge is 0.294 e. The number of hydrogen-bond acceptors (Lipinski definition) is 3. The van der Waals surface area contributed by atoms with Crippen molar-refractivity contribution in [2.75, 3.05) is 6.61 Å². The van der Waals surface area contributed by atoms with Crippen LogP contribution in [0.2, 0.25) is 0 Å². The molecule has 0 spiro atoms. The van der Waals surface area contributed by atoms with Gasteiger partial charge in [0.1, 0.15) is 6.61 Å². The van der Waals surface area contributed by atoms with E-state index < -0.39 is 5.09 Å². The fraction of sp³-hybridized carbons (Fsp3) is 0.600. The SMILES string of the molecule is CCC=CCO[N+](=O)[O-]. The second-order valence-electron chi connectivity index (χ2n) is 1.40. The molecule has 0 radical (unpaired) electrons. The molecular formula is C5H9NO3. The first-order valence-corrected chi connectivity index (χ1v) is 2.69. The Kier molecular flexibility index (Phi) is 4.49. The first kappa shape index (κ1) is 7.94. The molecule has 0 aliphatic carbocycles. The minimum absolute atomic E-state index is 0.0564. The van der Waals surface area contributed by atoms with Crippen LogP contribution < -0.4 is 0 Å². The lowest BCUT2D eigenvalue weighted by atomic mass is 10.4. The van der Waals surface area contributed by atoms with Crippen molar-refractivity contribution >= 4 is 0 Å². The van der Waals surface area contributed by atoms with Crippen molar-refractivity contribution in [1.29, 1.82) is 0 Å². The van der Waals surface area contributed by atoms with Crippen LogP contribution in [0.5, 0.6) is 0 Å². The van der Waals surface area contributed by atoms with Gasteiger partial charge in [0.05, 0.1) is 0 Å². The van der Waals surface area contributed by atoms with Crippen LogP contribution >= 0.6 is 0 Å². The molecular weight excluding hydrogens is 122 g/mol. The molecule has 0 fully saturated rings. The van der Waals surface area contributed by atoms with Crippen LogP contribution in [-0.4, -0.2) is 11.7 Å². The molecule has 0 atom stereocenters. The van der Waals surface area contributed by atoms with E-state index in [2.05, 4.69) is 4.84 Å². The maximum absolute atomic E-state index is 9.51. The van der Waals surface area contributed by atoms with Gasteiger partial charge >= 0.3 is 0 Å². The Balaban J connectivity index is 3.09. The highest BCUT2D eigenvalue weighted by molar-refractivity contribution is 4.78. The summed E-state index contributed by atoms with van der Waals surface area (Å²) in [4.78, 5) is 13.5. The second-order valence-corrected chi connectivity index (χ2v) is 1.40. The highest BCUT2D eigenvalue weighted by Gasteiger charge is 1.86. The zero-order chi connectivity index (χ0) is 7.11. The van der Waals surface area contributed by atoms with Crippen LogP contribution in [0, 0.1) is 10.1 Å². The summed E-state index contributed by atoms with van der Waals surface area (Å²) >= 11 is 0. The molecule has 4 nitrogen and oxygen atoms in total. The van der Waals surface area contributed by atoms with Gasteiger partial charge in [0.25, 0.3) is 5.09 Å². The van der Waals surface area contributed by atoms with Crippen molar-refractivity contribution in [3.05, 3.63) is 22.3 Å². The third-order valence-corrected chi connectivity index (χ3v) is 0.679. The summed E-state index contributed by atoms with van der Waals surface area (Å²) in [7, 11) is 0. The molecule has 52 valence electrons. The average Bonchev–Trinajstić information content (AvgIpc) is 1.80. The van der Waals surface area contributed by atoms with Crippen LogP contribution in [0.1, 0.15) is 13.3 Å². The molecule has 0 saturated carbocycles. The van der Waals surface area contributed by atoms with Crippen LogP contribution in [-0.2, 0) is 4.84 Å². The minimum Gasteiger partial charge on any atom is -0.310 e. The highest BCUT2D eigenvalue weighted by atomic mass is 16.9. The van der Waals surface area contributed by atoms with Crippen molar-refractivity contribution in [2.45, 2.75) is 13.3 Å². The molecule has 9 heavy (non-hydrogen) atoms. The van der Waals surface area contributed by atoms with E-state index in [9.17, 15) is 10.1 Å². The average molecular weight is 131 g/mol. The van der Waals surface area contributed by atoms with E-state index in [0.29, 0.717) is 0 Å². The van der Waals surface area contributed by atoms with Crippen LogP contribution in [0.4, 0.5) is 0 Å². The minimum atomic E-state index is -0.806. The van der Waals surface area contributed by atoms with Crippen LogP contribution in [0.25, 0.3) is 0 Å². The van der Waals surface area contributed by atoms with Gasteiger partial charge in [0.15, 0.2) is 0 Å². The maximum atomic E-state index is 9.51. The van der Waals surface area contributed by atoms with E-state index in [1.54, 1.807) is 6.08 Å². The maximum Gasteiger partial charge on any atom is 0.294 e. The molecule has 0 N–H and O–H groups in total. The summed E-state index contributed by atoms with van der Waals surface area (Å²) in [5.74, 6) is 0. The van der Waals surface area contributed by atoms with Crippen molar-refractivity contribution in [3.63, 3.8) is 0 Å². The van der Waals surface area contributed by atoms with Gasteiger partial charge in [0.2, 0.25) is 0 Å². The van der Waals surface area contributed by atoms with Gasteiger partial charge in [-0.25, -0.2) is 0 Å². The van der Waals surface area contributed by atoms with Gasteiger partial charge < -0.3 is 4.84 Å². The normalized spacial score (nSPS) is 9.89. The molecule has 0 saturated heterocycles. The second kappa shape index (κ2) is 5.08.